The quantitative estimate of drug-likeness (QED) is 0.655. The van der Waals surface area contributed by atoms with E-state index in [2.05, 4.69) is 10.5 Å². The summed E-state index contributed by atoms with van der Waals surface area (Å²) in [5.74, 6) is 3.84. The first-order chi connectivity index (χ1) is 9.01. The first-order valence-corrected chi connectivity index (χ1v) is 5.92. The minimum atomic E-state index is -0.852. The molecule has 0 fully saturated rings. The van der Waals surface area contributed by atoms with E-state index in [0.717, 1.165) is 17.5 Å². The highest BCUT2D eigenvalue weighted by molar-refractivity contribution is 5.22. The molecule has 102 valence electrons. The highest BCUT2D eigenvalue weighted by Crippen LogP contribution is 2.19. The minimum Gasteiger partial charge on any atom is -0.271 e. The Labute approximate surface area is 110 Å². The van der Waals surface area contributed by atoms with E-state index in [9.17, 15) is 8.78 Å². The third kappa shape index (κ3) is 2.97. The summed E-state index contributed by atoms with van der Waals surface area (Å²) >= 11 is 0. The van der Waals surface area contributed by atoms with Crippen LogP contribution in [0.2, 0.25) is 0 Å². The molecule has 0 amide bonds. The van der Waals surface area contributed by atoms with Crippen LogP contribution < -0.4 is 11.3 Å². The van der Waals surface area contributed by atoms with E-state index in [1.807, 2.05) is 20.0 Å². The molecule has 1 unspecified atom stereocenters. The van der Waals surface area contributed by atoms with E-state index in [1.54, 1.807) is 10.7 Å². The van der Waals surface area contributed by atoms with Crippen molar-refractivity contribution in [2.75, 3.05) is 0 Å². The van der Waals surface area contributed by atoms with Gasteiger partial charge >= 0.3 is 0 Å². The number of aryl methyl sites for hydroxylation is 2. The molecule has 0 bridgehead atoms. The van der Waals surface area contributed by atoms with Crippen molar-refractivity contribution in [3.63, 3.8) is 0 Å². The van der Waals surface area contributed by atoms with Gasteiger partial charge in [0.15, 0.2) is 11.6 Å². The molecule has 0 radical (unpaired) electrons. The van der Waals surface area contributed by atoms with Crippen molar-refractivity contribution in [1.29, 1.82) is 0 Å². The summed E-state index contributed by atoms with van der Waals surface area (Å²) in [6.07, 6.45) is 0.451. The smallest absolute Gasteiger partial charge is 0.159 e. The Morgan fingerprint density at radius 1 is 1.32 bits per heavy atom. The lowest BCUT2D eigenvalue weighted by Crippen LogP contribution is -2.31. The average molecular weight is 266 g/mol. The largest absolute Gasteiger partial charge is 0.271 e. The van der Waals surface area contributed by atoms with Gasteiger partial charge in [-0.3, -0.25) is 16.0 Å². The van der Waals surface area contributed by atoms with Gasteiger partial charge in [0.05, 0.1) is 17.4 Å². The molecule has 1 aromatic heterocycles. The van der Waals surface area contributed by atoms with Gasteiger partial charge in [-0.25, -0.2) is 8.78 Å². The standard InChI is InChI=1S/C13H16F2N4/c1-8-5-13(19(2)18-8)12(17-16)7-9-3-4-10(14)11(15)6-9/h3-6,12,17H,7,16H2,1-2H3. The molecule has 0 aliphatic carbocycles. The zero-order chi connectivity index (χ0) is 14.0. The summed E-state index contributed by atoms with van der Waals surface area (Å²) in [5.41, 5.74) is 5.12. The molecule has 19 heavy (non-hydrogen) atoms. The zero-order valence-electron chi connectivity index (χ0n) is 10.8. The number of nitrogens with zero attached hydrogens (tertiary/aromatic N) is 2. The molecule has 0 aliphatic rings. The Balaban J connectivity index is 2.23. The first-order valence-electron chi connectivity index (χ1n) is 5.92. The molecule has 1 atom stereocenters. The van der Waals surface area contributed by atoms with Gasteiger partial charge in [0.1, 0.15) is 0 Å². The van der Waals surface area contributed by atoms with Crippen LogP contribution in [0.25, 0.3) is 0 Å². The van der Waals surface area contributed by atoms with Crippen molar-refractivity contribution in [1.82, 2.24) is 15.2 Å². The predicted octanol–water partition coefficient (Wildman–Crippen LogP) is 1.75. The van der Waals surface area contributed by atoms with Crippen molar-refractivity contribution >= 4 is 0 Å². The number of aromatic nitrogens is 2. The lowest BCUT2D eigenvalue weighted by Gasteiger charge is -2.16. The number of halogens is 2. The lowest BCUT2D eigenvalue weighted by molar-refractivity contribution is 0.493. The second kappa shape index (κ2) is 5.46. The fourth-order valence-electron chi connectivity index (χ4n) is 2.11. The molecule has 1 aromatic carbocycles. The van der Waals surface area contributed by atoms with Gasteiger partial charge in [-0.2, -0.15) is 5.10 Å². The third-order valence-corrected chi connectivity index (χ3v) is 3.02. The van der Waals surface area contributed by atoms with E-state index in [4.69, 9.17) is 5.84 Å². The van der Waals surface area contributed by atoms with Crippen molar-refractivity contribution in [2.24, 2.45) is 12.9 Å². The van der Waals surface area contributed by atoms with Gasteiger partial charge in [0, 0.05) is 7.05 Å². The SMILES string of the molecule is Cc1cc(C(Cc2ccc(F)c(F)c2)NN)n(C)n1. The maximum Gasteiger partial charge on any atom is 0.159 e. The lowest BCUT2D eigenvalue weighted by atomic mass is 10.0. The molecule has 3 N–H and O–H groups in total. The van der Waals surface area contributed by atoms with Crippen molar-refractivity contribution < 1.29 is 8.78 Å². The van der Waals surface area contributed by atoms with Crippen LogP contribution in [0.5, 0.6) is 0 Å². The van der Waals surface area contributed by atoms with Crippen LogP contribution in [0.4, 0.5) is 8.78 Å². The average Bonchev–Trinajstić information content (AvgIpc) is 2.70. The zero-order valence-corrected chi connectivity index (χ0v) is 10.8. The third-order valence-electron chi connectivity index (χ3n) is 3.02. The van der Waals surface area contributed by atoms with Crippen LogP contribution in [-0.4, -0.2) is 9.78 Å². The van der Waals surface area contributed by atoms with Crippen LogP contribution in [0.15, 0.2) is 24.3 Å². The molecule has 2 rings (SSSR count). The predicted molar refractivity (Wildman–Crippen MR) is 68.1 cm³/mol. The van der Waals surface area contributed by atoms with Gasteiger partial charge in [-0.15, -0.1) is 0 Å². The summed E-state index contributed by atoms with van der Waals surface area (Å²) in [7, 11) is 1.82. The maximum atomic E-state index is 13.2. The van der Waals surface area contributed by atoms with E-state index in [-0.39, 0.29) is 6.04 Å². The highest BCUT2D eigenvalue weighted by Gasteiger charge is 2.16. The van der Waals surface area contributed by atoms with Crippen LogP contribution in [0.1, 0.15) is 23.0 Å². The molecule has 4 nitrogen and oxygen atoms in total. The molecule has 0 aliphatic heterocycles. The van der Waals surface area contributed by atoms with Crippen LogP contribution in [0, 0.1) is 18.6 Å². The number of benzene rings is 1. The first kappa shape index (κ1) is 13.6. The Morgan fingerprint density at radius 3 is 2.58 bits per heavy atom. The monoisotopic (exact) mass is 266 g/mol. The van der Waals surface area contributed by atoms with Crippen LogP contribution in [-0.2, 0) is 13.5 Å². The van der Waals surface area contributed by atoms with Crippen molar-refractivity contribution in [3.8, 4) is 0 Å². The number of hydrazine groups is 1. The molecular formula is C13H16F2N4. The van der Waals surface area contributed by atoms with E-state index >= 15 is 0 Å². The number of hydrogen-bond acceptors (Lipinski definition) is 3. The van der Waals surface area contributed by atoms with Crippen molar-refractivity contribution in [2.45, 2.75) is 19.4 Å². The molecular weight excluding hydrogens is 250 g/mol. The summed E-state index contributed by atoms with van der Waals surface area (Å²) < 4.78 is 27.8. The topological polar surface area (TPSA) is 55.9 Å². The highest BCUT2D eigenvalue weighted by atomic mass is 19.2. The van der Waals surface area contributed by atoms with Gasteiger partial charge < -0.3 is 0 Å². The second-order valence-corrected chi connectivity index (χ2v) is 4.51. The summed E-state index contributed by atoms with van der Waals surface area (Å²) in [4.78, 5) is 0. The number of nitrogens with two attached hydrogens (primary N) is 1. The fraction of sp³-hybridized carbons (Fsp3) is 0.308. The molecule has 0 spiro atoms. The fourth-order valence-corrected chi connectivity index (χ4v) is 2.11. The van der Waals surface area contributed by atoms with E-state index in [0.29, 0.717) is 12.0 Å². The molecule has 1 heterocycles. The summed E-state index contributed by atoms with van der Waals surface area (Å²) in [6.45, 7) is 1.88. The number of nitrogens with one attached hydrogen (secondary N) is 1. The maximum absolute atomic E-state index is 13.2. The summed E-state index contributed by atoms with van der Waals surface area (Å²) in [5, 5.41) is 4.24. The minimum absolute atomic E-state index is 0.212. The second-order valence-electron chi connectivity index (χ2n) is 4.51. The van der Waals surface area contributed by atoms with Crippen LogP contribution >= 0.6 is 0 Å². The summed E-state index contributed by atoms with van der Waals surface area (Å²) in [6, 6.07) is 5.54. The Hall–Kier alpha value is -1.79. The van der Waals surface area contributed by atoms with E-state index in [1.165, 1.54) is 6.07 Å². The van der Waals surface area contributed by atoms with Gasteiger partial charge in [0.25, 0.3) is 0 Å². The molecule has 0 saturated carbocycles. The van der Waals surface area contributed by atoms with Gasteiger partial charge in [-0.1, -0.05) is 6.07 Å². The Morgan fingerprint density at radius 2 is 2.05 bits per heavy atom. The van der Waals surface area contributed by atoms with Crippen LogP contribution in [0.3, 0.4) is 0 Å². The number of hydrogen-bond donors (Lipinski definition) is 2. The number of rotatable bonds is 4. The Kier molecular flexibility index (Phi) is 3.92. The molecule has 2 aromatic rings. The van der Waals surface area contributed by atoms with Gasteiger partial charge in [0.2, 0.25) is 0 Å². The molecule has 6 heteroatoms. The van der Waals surface area contributed by atoms with E-state index < -0.39 is 11.6 Å². The normalized spacial score (nSPS) is 12.7. The van der Waals surface area contributed by atoms with Gasteiger partial charge in [-0.05, 0) is 37.1 Å². The Bertz CT molecular complexity index is 580. The molecule has 0 saturated heterocycles. The van der Waals surface area contributed by atoms with Crippen molar-refractivity contribution in [3.05, 3.63) is 52.9 Å².